The molecule has 2 rings (SSSR count). The summed E-state index contributed by atoms with van der Waals surface area (Å²) in [5.41, 5.74) is 1.10. The van der Waals surface area contributed by atoms with Gasteiger partial charge in [-0.25, -0.2) is 4.98 Å². The normalized spacial score (nSPS) is 15.8. The van der Waals surface area contributed by atoms with E-state index in [1.807, 2.05) is 0 Å². The van der Waals surface area contributed by atoms with Crippen LogP contribution in [-0.4, -0.2) is 41.8 Å². The van der Waals surface area contributed by atoms with Crippen molar-refractivity contribution in [2.75, 3.05) is 18.4 Å². The van der Waals surface area contributed by atoms with Gasteiger partial charge in [-0.1, -0.05) is 0 Å². The average molecular weight is 207 g/mol. The van der Waals surface area contributed by atoms with Crippen molar-refractivity contribution in [3.63, 3.8) is 0 Å². The Bertz CT molecular complexity index is 393. The molecule has 2 heterocycles. The van der Waals surface area contributed by atoms with E-state index in [1.54, 1.807) is 6.92 Å². The van der Waals surface area contributed by atoms with Crippen LogP contribution in [0.5, 0.6) is 0 Å². The topological polar surface area (TPSA) is 71.3 Å². The summed E-state index contributed by atoms with van der Waals surface area (Å²) in [6.45, 7) is 7.00. The van der Waals surface area contributed by atoms with Crippen molar-refractivity contribution in [1.29, 1.82) is 0 Å². The number of aryl methyl sites for hydroxylation is 1. The van der Waals surface area contributed by atoms with Gasteiger partial charge in [0.05, 0.1) is 11.7 Å². The van der Waals surface area contributed by atoms with Crippen molar-refractivity contribution >= 4 is 19.0 Å². The Hall–Kier alpha value is -1.69. The summed E-state index contributed by atoms with van der Waals surface area (Å²) in [5.74, 6) is 0.580. The molecule has 0 aliphatic carbocycles. The molecule has 0 bridgehead atoms. The number of nitrogens with one attached hydrogen (secondary N) is 2. The molecule has 0 radical (unpaired) electrons. The second-order valence-electron chi connectivity index (χ2n) is 3.48. The van der Waals surface area contributed by atoms with Crippen molar-refractivity contribution in [1.82, 2.24) is 15.0 Å². The summed E-state index contributed by atoms with van der Waals surface area (Å²) < 4.78 is 1.43. The molecule has 1 fully saturated rings. The Morgan fingerprint density at radius 1 is 1.73 bits per heavy atom. The highest BCUT2D eigenvalue weighted by molar-refractivity contribution is 5.75. The SMILES string of the molecule is C=Nn1c(NC2CNC2)nc(C)c1C=O. The molecule has 2 N–H and O–H groups in total. The standard InChI is InChI=1S/C9H13N5O/c1-6-8(5-15)14(10-2)9(12-6)13-7-3-11-4-7/h5,7,11H,2-4H2,1H3,(H,12,13). The number of rotatable bonds is 4. The van der Waals surface area contributed by atoms with E-state index < -0.39 is 0 Å². The third-order valence-corrected chi connectivity index (χ3v) is 2.44. The number of hydrogen-bond donors (Lipinski definition) is 2. The molecule has 0 unspecified atom stereocenters. The third-order valence-electron chi connectivity index (χ3n) is 2.44. The summed E-state index contributed by atoms with van der Waals surface area (Å²) >= 11 is 0. The quantitative estimate of drug-likeness (QED) is 0.532. The Labute approximate surface area is 87.4 Å². The average Bonchev–Trinajstić information content (AvgIpc) is 2.47. The van der Waals surface area contributed by atoms with Crippen LogP contribution in [-0.2, 0) is 0 Å². The van der Waals surface area contributed by atoms with Crippen molar-refractivity contribution < 1.29 is 4.79 Å². The molecule has 1 saturated heterocycles. The minimum Gasteiger partial charge on any atom is -0.349 e. The first-order chi connectivity index (χ1) is 7.26. The molecule has 6 heteroatoms. The van der Waals surface area contributed by atoms with Gasteiger partial charge >= 0.3 is 0 Å². The molecule has 0 saturated carbocycles. The van der Waals surface area contributed by atoms with Crippen LogP contribution < -0.4 is 10.6 Å². The predicted molar refractivity (Wildman–Crippen MR) is 57.6 cm³/mol. The van der Waals surface area contributed by atoms with Crippen LogP contribution in [0.1, 0.15) is 16.2 Å². The van der Waals surface area contributed by atoms with Gasteiger partial charge in [-0.2, -0.15) is 9.78 Å². The van der Waals surface area contributed by atoms with E-state index in [0.29, 0.717) is 23.4 Å². The minimum absolute atomic E-state index is 0.354. The maximum atomic E-state index is 10.8. The summed E-state index contributed by atoms with van der Waals surface area (Å²) in [6.07, 6.45) is 0.737. The maximum Gasteiger partial charge on any atom is 0.225 e. The molecule has 1 aliphatic rings. The highest BCUT2D eigenvalue weighted by Gasteiger charge is 2.20. The molecule has 80 valence electrons. The largest absolute Gasteiger partial charge is 0.349 e. The summed E-state index contributed by atoms with van der Waals surface area (Å²) in [5, 5.41) is 10.1. The number of carbonyl (C=O) groups excluding carboxylic acids is 1. The van der Waals surface area contributed by atoms with Gasteiger partial charge in [-0.3, -0.25) is 4.79 Å². The number of anilines is 1. The van der Waals surface area contributed by atoms with Gasteiger partial charge in [0.25, 0.3) is 0 Å². The van der Waals surface area contributed by atoms with Crippen LogP contribution >= 0.6 is 0 Å². The number of nitrogens with zero attached hydrogens (tertiary/aromatic N) is 3. The highest BCUT2D eigenvalue weighted by Crippen LogP contribution is 2.15. The van der Waals surface area contributed by atoms with Crippen LogP contribution in [0, 0.1) is 6.92 Å². The maximum absolute atomic E-state index is 10.8. The van der Waals surface area contributed by atoms with E-state index in [0.717, 1.165) is 19.4 Å². The predicted octanol–water partition coefficient (Wildman–Crippen LogP) is -0.149. The minimum atomic E-state index is 0.354. The molecule has 15 heavy (non-hydrogen) atoms. The van der Waals surface area contributed by atoms with E-state index in [2.05, 4.69) is 27.4 Å². The molecular formula is C9H13N5O. The van der Waals surface area contributed by atoms with Crippen LogP contribution in [0.4, 0.5) is 5.95 Å². The number of hydrogen-bond acceptors (Lipinski definition) is 5. The molecule has 0 spiro atoms. The number of imidazole rings is 1. The van der Waals surface area contributed by atoms with Crippen LogP contribution in [0.15, 0.2) is 5.10 Å². The van der Waals surface area contributed by atoms with Crippen molar-refractivity contribution in [3.05, 3.63) is 11.4 Å². The van der Waals surface area contributed by atoms with E-state index in [1.165, 1.54) is 4.68 Å². The zero-order valence-corrected chi connectivity index (χ0v) is 8.53. The lowest BCUT2D eigenvalue weighted by molar-refractivity contribution is 0.111. The molecule has 0 aromatic carbocycles. The van der Waals surface area contributed by atoms with Gasteiger partial charge in [-0.05, 0) is 6.92 Å². The van der Waals surface area contributed by atoms with Gasteiger partial charge in [-0.15, -0.1) is 0 Å². The summed E-state index contributed by atoms with van der Waals surface area (Å²) in [7, 11) is 0. The molecule has 1 aromatic rings. The van der Waals surface area contributed by atoms with Crippen LogP contribution in [0.25, 0.3) is 0 Å². The number of aldehydes is 1. The first-order valence-corrected chi connectivity index (χ1v) is 4.75. The van der Waals surface area contributed by atoms with E-state index in [9.17, 15) is 4.79 Å². The first kappa shape index (κ1) is 9.85. The van der Waals surface area contributed by atoms with Crippen LogP contribution in [0.3, 0.4) is 0 Å². The van der Waals surface area contributed by atoms with Gasteiger partial charge < -0.3 is 10.6 Å². The van der Waals surface area contributed by atoms with Gasteiger partial charge in [0, 0.05) is 19.8 Å². The zero-order chi connectivity index (χ0) is 10.8. The second-order valence-corrected chi connectivity index (χ2v) is 3.48. The van der Waals surface area contributed by atoms with Gasteiger partial charge in [0.1, 0.15) is 5.69 Å². The highest BCUT2D eigenvalue weighted by atomic mass is 16.1. The Kier molecular flexibility index (Phi) is 2.51. The molecule has 6 nitrogen and oxygen atoms in total. The molecule has 1 aliphatic heterocycles. The van der Waals surface area contributed by atoms with Crippen LogP contribution in [0.2, 0.25) is 0 Å². The Morgan fingerprint density at radius 2 is 2.47 bits per heavy atom. The number of carbonyl (C=O) groups is 1. The summed E-state index contributed by atoms with van der Waals surface area (Å²) in [6, 6.07) is 0.354. The molecule has 1 aromatic heterocycles. The third kappa shape index (κ3) is 1.63. The lowest BCUT2D eigenvalue weighted by Crippen LogP contribution is -2.51. The summed E-state index contributed by atoms with van der Waals surface area (Å²) in [4.78, 5) is 15.0. The van der Waals surface area contributed by atoms with Gasteiger partial charge in [0.15, 0.2) is 6.29 Å². The van der Waals surface area contributed by atoms with Gasteiger partial charge in [0.2, 0.25) is 5.95 Å². The first-order valence-electron chi connectivity index (χ1n) is 4.75. The lowest BCUT2D eigenvalue weighted by Gasteiger charge is -2.28. The Morgan fingerprint density at radius 3 is 2.93 bits per heavy atom. The van der Waals surface area contributed by atoms with E-state index in [4.69, 9.17) is 0 Å². The van der Waals surface area contributed by atoms with Crippen molar-refractivity contribution in [3.8, 4) is 0 Å². The molecule has 0 atom stereocenters. The fraction of sp³-hybridized carbons (Fsp3) is 0.444. The van der Waals surface area contributed by atoms with E-state index >= 15 is 0 Å². The smallest absolute Gasteiger partial charge is 0.225 e. The number of aromatic nitrogens is 2. The van der Waals surface area contributed by atoms with E-state index in [-0.39, 0.29) is 0 Å². The molecular weight excluding hydrogens is 194 g/mol. The van der Waals surface area contributed by atoms with Crippen molar-refractivity contribution in [2.45, 2.75) is 13.0 Å². The second kappa shape index (κ2) is 3.82. The monoisotopic (exact) mass is 207 g/mol. The fourth-order valence-electron chi connectivity index (χ4n) is 1.48. The van der Waals surface area contributed by atoms with Crippen molar-refractivity contribution in [2.24, 2.45) is 5.10 Å². The lowest BCUT2D eigenvalue weighted by atomic mass is 10.2. The fourth-order valence-corrected chi connectivity index (χ4v) is 1.48. The molecule has 0 amide bonds. The zero-order valence-electron chi connectivity index (χ0n) is 8.53. The Balaban J connectivity index is 2.28.